The average molecular weight is 443 g/mol. The summed E-state index contributed by atoms with van der Waals surface area (Å²) < 4.78 is 0. The molecule has 1 aliphatic rings. The van der Waals surface area contributed by atoms with Gasteiger partial charge >= 0.3 is 0 Å². The number of likely N-dealkylation sites (N-methyl/N-ethyl adjacent to an activating group) is 2. The quantitative estimate of drug-likeness (QED) is 0.291. The van der Waals surface area contributed by atoms with Crippen LogP contribution in [-0.4, -0.2) is 90.5 Å². The van der Waals surface area contributed by atoms with Gasteiger partial charge in [-0.05, 0) is 32.6 Å². The molecule has 0 bridgehead atoms. The van der Waals surface area contributed by atoms with E-state index in [1.165, 1.54) is 35.5 Å². The van der Waals surface area contributed by atoms with Crippen molar-refractivity contribution in [3.05, 3.63) is 0 Å². The second-order valence-corrected chi connectivity index (χ2v) is 8.80. The van der Waals surface area contributed by atoms with Crippen molar-refractivity contribution >= 4 is 41.2 Å². The van der Waals surface area contributed by atoms with Crippen LogP contribution in [0.1, 0.15) is 45.4 Å². The molecule has 10 heteroatoms. The van der Waals surface area contributed by atoms with Gasteiger partial charge < -0.3 is 15.5 Å². The van der Waals surface area contributed by atoms with Crippen LogP contribution in [0.15, 0.2) is 0 Å². The molecule has 1 saturated heterocycles. The van der Waals surface area contributed by atoms with E-state index in [2.05, 4.69) is 10.6 Å². The highest BCUT2D eigenvalue weighted by atomic mass is 32.2. The van der Waals surface area contributed by atoms with Gasteiger partial charge in [0.2, 0.25) is 23.6 Å². The average Bonchev–Trinajstić information content (AvgIpc) is 2.94. The normalized spacial score (nSPS) is 17.2. The van der Waals surface area contributed by atoms with Gasteiger partial charge in [0.05, 0.1) is 5.25 Å². The summed E-state index contributed by atoms with van der Waals surface area (Å²) in [6.07, 6.45) is 2.86. The van der Waals surface area contributed by atoms with Gasteiger partial charge in [0.25, 0.3) is 0 Å². The highest BCUT2D eigenvalue weighted by molar-refractivity contribution is 8.00. The van der Waals surface area contributed by atoms with Crippen molar-refractivity contribution in [3.63, 3.8) is 0 Å². The topological polar surface area (TPSA) is 116 Å². The maximum atomic E-state index is 12.5. The van der Waals surface area contributed by atoms with Gasteiger partial charge in [-0.3, -0.25) is 28.9 Å². The Kier molecular flexibility index (Phi) is 11.6. The van der Waals surface area contributed by atoms with Crippen molar-refractivity contribution in [2.45, 2.75) is 56.7 Å². The van der Waals surface area contributed by atoms with E-state index < -0.39 is 6.04 Å². The molecule has 9 nitrogen and oxygen atoms in total. The molecule has 1 aliphatic heterocycles. The van der Waals surface area contributed by atoms with E-state index in [1.807, 2.05) is 0 Å². The van der Waals surface area contributed by atoms with Crippen LogP contribution in [0.4, 0.5) is 0 Å². The fraction of sp³-hybridized carbons (Fsp3) is 0.750. The highest BCUT2D eigenvalue weighted by Gasteiger charge is 2.35. The van der Waals surface area contributed by atoms with Gasteiger partial charge in [0.15, 0.2) is 0 Å². The van der Waals surface area contributed by atoms with Gasteiger partial charge in [-0.15, -0.1) is 11.8 Å². The summed E-state index contributed by atoms with van der Waals surface area (Å²) in [5.41, 5.74) is 0. The van der Waals surface area contributed by atoms with Crippen LogP contribution in [0.5, 0.6) is 0 Å². The van der Waals surface area contributed by atoms with Crippen LogP contribution in [0.3, 0.4) is 0 Å². The Balaban J connectivity index is 2.35. The molecule has 30 heavy (non-hydrogen) atoms. The SMILES string of the molecule is CNCCNC(=O)[C@H](CC(C)=O)N(C)C(=O)CCCCCSC1CC(=O)N(C)C1=O. The van der Waals surface area contributed by atoms with Crippen molar-refractivity contribution in [2.24, 2.45) is 0 Å². The van der Waals surface area contributed by atoms with E-state index in [4.69, 9.17) is 0 Å². The molecule has 4 amide bonds. The maximum Gasteiger partial charge on any atom is 0.243 e. The number of Topliss-reactive ketones (excluding diaryl/α,β-unsaturated/α-hetero) is 1. The largest absolute Gasteiger partial charge is 0.353 e. The number of hydrogen-bond acceptors (Lipinski definition) is 7. The smallest absolute Gasteiger partial charge is 0.243 e. The van der Waals surface area contributed by atoms with Crippen LogP contribution >= 0.6 is 11.8 Å². The monoisotopic (exact) mass is 442 g/mol. The Morgan fingerprint density at radius 1 is 1.20 bits per heavy atom. The number of ketones is 1. The molecule has 1 rings (SSSR count). The minimum atomic E-state index is -0.801. The van der Waals surface area contributed by atoms with Crippen LogP contribution < -0.4 is 10.6 Å². The number of rotatable bonds is 14. The van der Waals surface area contributed by atoms with E-state index in [9.17, 15) is 24.0 Å². The van der Waals surface area contributed by atoms with Gasteiger partial charge in [0.1, 0.15) is 11.8 Å². The molecule has 1 fully saturated rings. The standard InChI is InChI=1S/C20H34N4O5S/c1-14(25)12-15(19(28)22-10-9-21-2)23(3)17(26)8-6-5-7-11-30-16-13-18(27)24(4)20(16)29/h15-16,21H,5-13H2,1-4H3,(H,22,28)/t15-,16?/m0/s1. The summed E-state index contributed by atoms with van der Waals surface area (Å²) in [6, 6.07) is -0.801. The third-order valence-electron chi connectivity index (χ3n) is 5.01. The summed E-state index contributed by atoms with van der Waals surface area (Å²) in [4.78, 5) is 62.3. The number of likely N-dealkylation sites (tertiary alicyclic amines) is 1. The number of carbonyl (C=O) groups is 5. The van der Waals surface area contributed by atoms with Crippen molar-refractivity contribution in [2.75, 3.05) is 40.0 Å². The number of nitrogens with one attached hydrogen (secondary N) is 2. The predicted molar refractivity (Wildman–Crippen MR) is 116 cm³/mol. The van der Waals surface area contributed by atoms with Crippen LogP contribution in [0.2, 0.25) is 0 Å². The summed E-state index contributed by atoms with van der Waals surface area (Å²) in [7, 11) is 4.84. The van der Waals surface area contributed by atoms with Gasteiger partial charge in [-0.2, -0.15) is 0 Å². The zero-order valence-electron chi connectivity index (χ0n) is 18.4. The molecule has 0 aliphatic carbocycles. The molecule has 2 N–H and O–H groups in total. The van der Waals surface area contributed by atoms with E-state index in [0.717, 1.165) is 18.6 Å². The Bertz CT molecular complexity index is 643. The lowest BCUT2D eigenvalue weighted by Gasteiger charge is -2.27. The summed E-state index contributed by atoms with van der Waals surface area (Å²) in [6.45, 7) is 2.43. The van der Waals surface area contributed by atoms with E-state index in [1.54, 1.807) is 14.1 Å². The molecule has 0 radical (unpaired) electrons. The third-order valence-corrected chi connectivity index (χ3v) is 6.31. The highest BCUT2D eigenvalue weighted by Crippen LogP contribution is 2.25. The number of amides is 4. The summed E-state index contributed by atoms with van der Waals surface area (Å²) in [5, 5.41) is 5.37. The molecule has 0 aromatic heterocycles. The van der Waals surface area contributed by atoms with Crippen molar-refractivity contribution < 1.29 is 24.0 Å². The minimum Gasteiger partial charge on any atom is -0.353 e. The molecule has 1 heterocycles. The number of unbranched alkanes of at least 4 members (excludes halogenated alkanes) is 2. The molecule has 170 valence electrons. The van der Waals surface area contributed by atoms with E-state index in [-0.39, 0.29) is 47.5 Å². The maximum absolute atomic E-state index is 12.5. The fourth-order valence-electron chi connectivity index (χ4n) is 3.09. The zero-order chi connectivity index (χ0) is 22.7. The molecule has 1 unspecified atom stereocenters. The molecule has 2 atom stereocenters. The first kappa shape index (κ1) is 26.1. The molecule has 0 aromatic rings. The van der Waals surface area contributed by atoms with Gasteiger partial charge in [0, 0.05) is 46.4 Å². The van der Waals surface area contributed by atoms with Gasteiger partial charge in [-0.25, -0.2) is 0 Å². The van der Waals surface area contributed by atoms with Crippen LogP contribution in [-0.2, 0) is 24.0 Å². The summed E-state index contributed by atoms with van der Waals surface area (Å²) in [5.74, 6) is -0.162. The van der Waals surface area contributed by atoms with Crippen LogP contribution in [0, 0.1) is 0 Å². The Morgan fingerprint density at radius 2 is 1.90 bits per heavy atom. The lowest BCUT2D eigenvalue weighted by Crippen LogP contribution is -2.49. The zero-order valence-corrected chi connectivity index (χ0v) is 19.2. The number of nitrogens with zero attached hydrogens (tertiary/aromatic N) is 2. The first-order chi connectivity index (χ1) is 14.2. The third kappa shape index (κ3) is 8.43. The molecule has 0 spiro atoms. The van der Waals surface area contributed by atoms with E-state index >= 15 is 0 Å². The molecular formula is C20H34N4O5S. The number of carbonyl (C=O) groups excluding carboxylic acids is 5. The van der Waals surface area contributed by atoms with Crippen LogP contribution in [0.25, 0.3) is 0 Å². The van der Waals surface area contributed by atoms with Crippen molar-refractivity contribution in [1.29, 1.82) is 0 Å². The first-order valence-corrected chi connectivity index (χ1v) is 11.3. The summed E-state index contributed by atoms with van der Waals surface area (Å²) >= 11 is 1.49. The second kappa shape index (κ2) is 13.4. The van der Waals surface area contributed by atoms with Crippen molar-refractivity contribution in [1.82, 2.24) is 20.4 Å². The predicted octanol–water partition coefficient (Wildman–Crippen LogP) is 0.179. The second-order valence-electron chi connectivity index (χ2n) is 7.49. The molecule has 0 saturated carbocycles. The molecular weight excluding hydrogens is 408 g/mol. The number of imide groups is 1. The lowest BCUT2D eigenvalue weighted by atomic mass is 10.1. The van der Waals surface area contributed by atoms with Gasteiger partial charge in [-0.1, -0.05) is 6.42 Å². The minimum absolute atomic E-state index is 0.00709. The molecule has 0 aromatic carbocycles. The Hall–Kier alpha value is -1.94. The van der Waals surface area contributed by atoms with Crippen molar-refractivity contribution in [3.8, 4) is 0 Å². The lowest BCUT2D eigenvalue weighted by molar-refractivity contribution is -0.140. The Labute approximate surface area is 182 Å². The first-order valence-electron chi connectivity index (χ1n) is 10.3. The number of thioether (sulfide) groups is 1. The number of hydrogen-bond donors (Lipinski definition) is 2. The fourth-order valence-corrected chi connectivity index (χ4v) is 4.31. The Morgan fingerprint density at radius 3 is 2.47 bits per heavy atom. The van der Waals surface area contributed by atoms with E-state index in [0.29, 0.717) is 25.9 Å².